The Morgan fingerprint density at radius 3 is 2.55 bits per heavy atom. The van der Waals surface area contributed by atoms with Crippen LogP contribution >= 0.6 is 23.1 Å². The first kappa shape index (κ1) is 22.8. The van der Waals surface area contributed by atoms with E-state index in [9.17, 15) is 14.3 Å². The highest BCUT2D eigenvalue weighted by molar-refractivity contribution is 7.99. The number of thiazole rings is 1. The maximum Gasteiger partial charge on any atom is 0.345 e. The molecule has 0 radical (unpaired) electrons. The van der Waals surface area contributed by atoms with Gasteiger partial charge in [-0.25, -0.2) is 18.6 Å². The van der Waals surface area contributed by atoms with Crippen molar-refractivity contribution in [2.45, 2.75) is 16.7 Å². The van der Waals surface area contributed by atoms with Crippen molar-refractivity contribution in [2.24, 2.45) is 0 Å². The molecule has 0 saturated heterocycles. The molecule has 0 saturated carbocycles. The number of para-hydroxylation sites is 2. The van der Waals surface area contributed by atoms with Gasteiger partial charge in [-0.05, 0) is 43.3 Å². The number of fused-ring (bicyclic) bond motifs is 1. The number of carbonyl (C=O) groups excluding carboxylic acids is 1. The van der Waals surface area contributed by atoms with E-state index >= 15 is 4.39 Å². The van der Waals surface area contributed by atoms with Gasteiger partial charge in [-0.1, -0.05) is 36.0 Å². The predicted octanol–water partition coefficient (Wildman–Crippen LogP) is 6.30. The first-order chi connectivity index (χ1) is 15.9. The summed E-state index contributed by atoms with van der Waals surface area (Å²) in [5.74, 6) is -3.32. The molecule has 3 N–H and O–H groups in total. The van der Waals surface area contributed by atoms with Crippen LogP contribution in [0.15, 0.2) is 70.5 Å². The van der Waals surface area contributed by atoms with Gasteiger partial charge in [0.2, 0.25) is 0 Å². The van der Waals surface area contributed by atoms with Gasteiger partial charge in [0.15, 0.2) is 0 Å². The van der Waals surface area contributed by atoms with E-state index in [2.05, 4.69) is 4.98 Å². The van der Waals surface area contributed by atoms with Crippen molar-refractivity contribution in [2.75, 3.05) is 12.3 Å². The van der Waals surface area contributed by atoms with Crippen LogP contribution in [0.3, 0.4) is 0 Å². The zero-order chi connectivity index (χ0) is 23.5. The zero-order valence-electron chi connectivity index (χ0n) is 17.3. The Balaban J connectivity index is 1.81. The maximum atomic E-state index is 15.0. The summed E-state index contributed by atoms with van der Waals surface area (Å²) < 4.78 is 35.8. The summed E-state index contributed by atoms with van der Waals surface area (Å²) in [6.45, 7) is 1.64. The number of esters is 1. The van der Waals surface area contributed by atoms with Gasteiger partial charge in [0.25, 0.3) is 0 Å². The standard InChI is InChI=1S/C24H18F2N2O3S2/c1-2-31-24(30)21(23-28-17-8-4-6-10-19(17)33-23)22(29)13-11-15(26)20(12-14(13)25)32-18-9-5-3-7-16(18)27/h3-12,29H,2,27H2,1H3/b22-21+. The summed E-state index contributed by atoms with van der Waals surface area (Å²) in [5.41, 5.74) is 6.12. The normalized spacial score (nSPS) is 12.0. The summed E-state index contributed by atoms with van der Waals surface area (Å²) >= 11 is 2.09. The fraction of sp³-hybridized carbons (Fsp3) is 0.0833. The van der Waals surface area contributed by atoms with Crippen LogP contribution in [0, 0.1) is 11.6 Å². The second kappa shape index (κ2) is 9.60. The number of nitrogens with zero attached hydrogens (tertiary/aromatic N) is 1. The minimum atomic E-state index is -0.909. The third-order valence-corrected chi connectivity index (χ3v) is 6.82. The highest BCUT2D eigenvalue weighted by Crippen LogP contribution is 2.37. The predicted molar refractivity (Wildman–Crippen MR) is 127 cm³/mol. The van der Waals surface area contributed by atoms with Crippen LogP contribution in [0.1, 0.15) is 17.5 Å². The van der Waals surface area contributed by atoms with E-state index in [1.165, 1.54) is 0 Å². The van der Waals surface area contributed by atoms with Crippen LogP contribution in [0.2, 0.25) is 0 Å². The molecule has 4 aromatic rings. The number of aliphatic hydroxyl groups excluding tert-OH is 1. The van der Waals surface area contributed by atoms with E-state index in [-0.39, 0.29) is 22.1 Å². The Labute approximate surface area is 196 Å². The Hall–Kier alpha value is -3.43. The van der Waals surface area contributed by atoms with E-state index in [0.29, 0.717) is 16.1 Å². The highest BCUT2D eigenvalue weighted by Gasteiger charge is 2.26. The minimum Gasteiger partial charge on any atom is -0.506 e. The largest absolute Gasteiger partial charge is 0.506 e. The molecule has 0 aliphatic carbocycles. The smallest absolute Gasteiger partial charge is 0.345 e. The van der Waals surface area contributed by atoms with E-state index in [4.69, 9.17) is 10.5 Å². The molecule has 1 aromatic heterocycles. The van der Waals surface area contributed by atoms with Gasteiger partial charge < -0.3 is 15.6 Å². The first-order valence-corrected chi connectivity index (χ1v) is 11.5. The second-order valence-corrected chi connectivity index (χ2v) is 8.95. The molecule has 0 amide bonds. The number of hydrogen-bond donors (Lipinski definition) is 2. The molecule has 1 heterocycles. The average molecular weight is 485 g/mol. The van der Waals surface area contributed by atoms with Gasteiger partial charge in [-0.3, -0.25) is 0 Å². The third-order valence-electron chi connectivity index (χ3n) is 4.64. The van der Waals surface area contributed by atoms with Crippen LogP contribution in [0.4, 0.5) is 14.5 Å². The molecule has 0 aliphatic heterocycles. The van der Waals surface area contributed by atoms with E-state index in [1.54, 1.807) is 49.4 Å². The fourth-order valence-electron chi connectivity index (χ4n) is 3.08. The van der Waals surface area contributed by atoms with Gasteiger partial charge in [-0.15, -0.1) is 11.3 Å². The summed E-state index contributed by atoms with van der Waals surface area (Å²) in [6, 6.07) is 15.8. The van der Waals surface area contributed by atoms with E-state index < -0.39 is 28.9 Å². The number of aliphatic hydroxyl groups is 1. The SMILES string of the molecule is CCOC(=O)/C(=C(/O)c1cc(F)c(Sc2ccccc2N)cc1F)c1nc2ccccc2s1. The number of ether oxygens (including phenoxy) is 1. The molecule has 4 rings (SSSR count). The molecule has 0 fully saturated rings. The van der Waals surface area contributed by atoms with Crippen molar-refractivity contribution < 1.29 is 23.4 Å². The Morgan fingerprint density at radius 1 is 1.09 bits per heavy atom. The van der Waals surface area contributed by atoms with Gasteiger partial charge >= 0.3 is 5.97 Å². The molecule has 168 valence electrons. The molecule has 0 unspecified atom stereocenters. The van der Waals surface area contributed by atoms with E-state index in [1.807, 2.05) is 6.07 Å². The summed E-state index contributed by atoms with van der Waals surface area (Å²) in [6.07, 6.45) is 0. The van der Waals surface area contributed by atoms with Crippen molar-refractivity contribution in [3.05, 3.63) is 82.9 Å². The number of nitrogens with two attached hydrogens (primary N) is 1. The lowest BCUT2D eigenvalue weighted by atomic mass is 10.1. The summed E-state index contributed by atoms with van der Waals surface area (Å²) in [5, 5.41) is 11.0. The number of anilines is 1. The minimum absolute atomic E-state index is 0.0142. The lowest BCUT2D eigenvalue weighted by Gasteiger charge is -2.11. The van der Waals surface area contributed by atoms with Gasteiger partial charge in [0.1, 0.15) is 28.0 Å². The van der Waals surface area contributed by atoms with Crippen LogP contribution in [0.5, 0.6) is 0 Å². The molecule has 0 atom stereocenters. The Kier molecular flexibility index (Phi) is 6.62. The number of benzene rings is 3. The number of hydrogen-bond acceptors (Lipinski definition) is 7. The van der Waals surface area contributed by atoms with Crippen LogP contribution in [-0.4, -0.2) is 22.7 Å². The molecule has 0 spiro atoms. The molecule has 5 nitrogen and oxygen atoms in total. The van der Waals surface area contributed by atoms with Crippen LogP contribution in [-0.2, 0) is 9.53 Å². The molecule has 3 aromatic carbocycles. The summed E-state index contributed by atoms with van der Waals surface area (Å²) in [7, 11) is 0. The number of rotatable bonds is 6. The number of aromatic nitrogens is 1. The topological polar surface area (TPSA) is 85.4 Å². The fourth-order valence-corrected chi connectivity index (χ4v) is 4.97. The maximum absolute atomic E-state index is 15.0. The van der Waals surface area contributed by atoms with Gasteiger partial charge in [-0.2, -0.15) is 0 Å². The zero-order valence-corrected chi connectivity index (χ0v) is 19.0. The van der Waals surface area contributed by atoms with E-state index in [0.717, 1.165) is 39.9 Å². The molecule has 0 bridgehead atoms. The number of nitrogen functional groups attached to an aromatic ring is 1. The Bertz CT molecular complexity index is 1350. The van der Waals surface area contributed by atoms with Crippen molar-refractivity contribution in [3.63, 3.8) is 0 Å². The van der Waals surface area contributed by atoms with Crippen molar-refractivity contribution >= 4 is 56.3 Å². The van der Waals surface area contributed by atoms with Crippen molar-refractivity contribution in [1.29, 1.82) is 0 Å². The van der Waals surface area contributed by atoms with Crippen LogP contribution in [0.25, 0.3) is 21.5 Å². The van der Waals surface area contributed by atoms with Crippen molar-refractivity contribution in [3.8, 4) is 0 Å². The van der Waals surface area contributed by atoms with Gasteiger partial charge in [0.05, 0.1) is 27.3 Å². The molecular formula is C24H18F2N2O3S2. The lowest BCUT2D eigenvalue weighted by Crippen LogP contribution is -2.10. The molecular weight excluding hydrogens is 466 g/mol. The summed E-state index contributed by atoms with van der Waals surface area (Å²) in [4.78, 5) is 17.6. The number of carbonyl (C=O) groups is 1. The van der Waals surface area contributed by atoms with Crippen LogP contribution < -0.4 is 5.73 Å². The second-order valence-electron chi connectivity index (χ2n) is 6.83. The molecule has 9 heteroatoms. The highest BCUT2D eigenvalue weighted by atomic mass is 32.2. The van der Waals surface area contributed by atoms with Crippen molar-refractivity contribution in [1.82, 2.24) is 4.98 Å². The first-order valence-electron chi connectivity index (χ1n) is 9.87. The van der Waals surface area contributed by atoms with Gasteiger partial charge in [0, 0.05) is 10.6 Å². The molecule has 0 aliphatic rings. The quantitative estimate of drug-likeness (QED) is 0.145. The Morgan fingerprint density at radius 2 is 1.82 bits per heavy atom. The lowest BCUT2D eigenvalue weighted by molar-refractivity contribution is -0.136. The average Bonchev–Trinajstić information content (AvgIpc) is 3.21. The monoisotopic (exact) mass is 484 g/mol. The third kappa shape index (κ3) is 4.69. The number of halogens is 2. The molecule has 33 heavy (non-hydrogen) atoms.